The fourth-order valence-electron chi connectivity index (χ4n) is 3.90. The number of nitrogens with one attached hydrogen (secondary N) is 1. The molecule has 3 rings (SSSR count). The Hall–Kier alpha value is -1.75. The van der Waals surface area contributed by atoms with E-state index in [4.69, 9.17) is 10.1 Å². The molecule has 0 aromatic heterocycles. The van der Waals surface area contributed by atoms with Gasteiger partial charge >= 0.3 is 0 Å². The molecular formula is C18H26N2O3. The van der Waals surface area contributed by atoms with E-state index in [0.717, 1.165) is 36.3 Å². The van der Waals surface area contributed by atoms with Crippen LogP contribution in [-0.4, -0.2) is 27.8 Å². The fourth-order valence-corrected chi connectivity index (χ4v) is 3.90. The maximum Gasteiger partial charge on any atom is 0.157 e. The van der Waals surface area contributed by atoms with E-state index in [-0.39, 0.29) is 11.6 Å². The first-order valence-corrected chi connectivity index (χ1v) is 8.44. The van der Waals surface area contributed by atoms with Crippen molar-refractivity contribution in [2.24, 2.45) is 11.8 Å². The van der Waals surface area contributed by atoms with Crippen LogP contribution >= 0.6 is 0 Å². The van der Waals surface area contributed by atoms with Crippen molar-refractivity contribution in [2.75, 3.05) is 6.61 Å². The number of phenols is 1. The summed E-state index contributed by atoms with van der Waals surface area (Å²) in [6.45, 7) is 7.16. The summed E-state index contributed by atoms with van der Waals surface area (Å²) in [6.07, 6.45) is 3.65. The Balaban J connectivity index is 1.91. The molecule has 23 heavy (non-hydrogen) atoms. The molecule has 0 bridgehead atoms. The first kappa shape index (κ1) is 16.1. The first-order chi connectivity index (χ1) is 10.9. The van der Waals surface area contributed by atoms with Gasteiger partial charge in [0, 0.05) is 5.56 Å². The van der Waals surface area contributed by atoms with Gasteiger partial charge in [0.1, 0.15) is 11.5 Å². The summed E-state index contributed by atoms with van der Waals surface area (Å²) in [4.78, 5) is 0. The molecule has 3 N–H and O–H groups in total. The molecule has 1 fully saturated rings. The number of benzene rings is 1. The highest BCUT2D eigenvalue weighted by Crippen LogP contribution is 2.56. The first-order valence-electron chi connectivity index (χ1n) is 8.44. The lowest BCUT2D eigenvalue weighted by molar-refractivity contribution is -0.138. The maximum absolute atomic E-state index is 10.4. The van der Waals surface area contributed by atoms with Crippen LogP contribution in [0.1, 0.15) is 57.6 Å². The van der Waals surface area contributed by atoms with Gasteiger partial charge in [0.2, 0.25) is 0 Å². The number of fused-ring (bicyclic) bond motifs is 2. The summed E-state index contributed by atoms with van der Waals surface area (Å²) in [5.74, 6) is 1.75. The molecule has 5 nitrogen and oxygen atoms in total. The second-order valence-corrected chi connectivity index (χ2v) is 7.42. The smallest absolute Gasteiger partial charge is 0.157 e. The number of hydrogen-bond donors (Lipinski definition) is 3. The van der Waals surface area contributed by atoms with E-state index >= 15 is 0 Å². The van der Waals surface area contributed by atoms with Crippen molar-refractivity contribution in [3.8, 4) is 11.5 Å². The number of hydroxylamine groups is 2. The molecule has 0 radical (unpaired) electrons. The average Bonchev–Trinajstić information content (AvgIpc) is 2.67. The number of hydrogen-bond acceptors (Lipinski definition) is 4. The third kappa shape index (κ3) is 2.47. The third-order valence-corrected chi connectivity index (χ3v) is 5.04. The van der Waals surface area contributed by atoms with E-state index in [1.54, 1.807) is 12.1 Å². The normalized spacial score (nSPS) is 19.9. The van der Waals surface area contributed by atoms with Crippen molar-refractivity contribution in [1.82, 2.24) is 5.06 Å². The summed E-state index contributed by atoms with van der Waals surface area (Å²) in [5, 5.41) is 29.7. The van der Waals surface area contributed by atoms with Crippen molar-refractivity contribution in [3.05, 3.63) is 23.3 Å². The fraction of sp³-hybridized carbons (Fsp3) is 0.611. The second kappa shape index (κ2) is 5.71. The molecule has 1 saturated carbocycles. The van der Waals surface area contributed by atoms with Crippen molar-refractivity contribution < 1.29 is 15.1 Å². The van der Waals surface area contributed by atoms with Crippen molar-refractivity contribution in [3.63, 3.8) is 0 Å². The Bertz CT molecular complexity index is 623. The van der Waals surface area contributed by atoms with Gasteiger partial charge in [-0.1, -0.05) is 20.8 Å². The molecule has 1 aliphatic heterocycles. The number of nitrogens with zero attached hydrogens (tertiary/aromatic N) is 1. The molecule has 126 valence electrons. The predicted molar refractivity (Wildman–Crippen MR) is 88.2 cm³/mol. The Morgan fingerprint density at radius 1 is 1.30 bits per heavy atom. The molecule has 1 spiro atoms. The molecule has 1 heterocycles. The third-order valence-electron chi connectivity index (χ3n) is 5.04. The minimum absolute atomic E-state index is 0.0297. The highest BCUT2D eigenvalue weighted by molar-refractivity contribution is 6.04. The summed E-state index contributed by atoms with van der Waals surface area (Å²) >= 11 is 0. The van der Waals surface area contributed by atoms with Gasteiger partial charge < -0.3 is 9.84 Å². The summed E-state index contributed by atoms with van der Waals surface area (Å²) in [6, 6.07) is 3.32. The number of phenolic OH excluding ortho intramolecular Hbond substituents is 1. The van der Waals surface area contributed by atoms with Gasteiger partial charge in [-0.15, -0.1) is 0 Å². The van der Waals surface area contributed by atoms with Gasteiger partial charge in [-0.25, -0.2) is 5.06 Å². The van der Waals surface area contributed by atoms with E-state index < -0.39 is 5.54 Å². The van der Waals surface area contributed by atoms with Crippen LogP contribution in [0.15, 0.2) is 12.1 Å². The quantitative estimate of drug-likeness (QED) is 0.770. The molecule has 1 atom stereocenters. The monoisotopic (exact) mass is 318 g/mol. The Labute approximate surface area is 137 Å². The number of aromatic hydroxyl groups is 1. The SMILES string of the molecule is CC(C)CC(C)COc1ccc(O)c2c1C1(CCC1)N(O)C2=N. The zero-order valence-corrected chi connectivity index (χ0v) is 14.1. The molecule has 1 unspecified atom stereocenters. The standard InChI is InChI=1S/C18H26N2O3/c1-11(2)9-12(3)10-23-14-6-5-13(21)15-16(14)18(7-4-8-18)20(22)17(15)19/h5-6,11-12,19,21-22H,4,7-10H2,1-3H3. The highest BCUT2D eigenvalue weighted by atomic mass is 16.5. The van der Waals surface area contributed by atoms with Crippen LogP contribution in [0.25, 0.3) is 0 Å². The number of ether oxygens (including phenoxy) is 1. The van der Waals surface area contributed by atoms with Crippen molar-refractivity contribution in [2.45, 2.75) is 52.0 Å². The lowest BCUT2D eigenvalue weighted by Crippen LogP contribution is -2.47. The summed E-state index contributed by atoms with van der Waals surface area (Å²) < 4.78 is 6.05. The average molecular weight is 318 g/mol. The zero-order valence-electron chi connectivity index (χ0n) is 14.1. The number of amidine groups is 1. The molecule has 1 aliphatic carbocycles. The zero-order chi connectivity index (χ0) is 16.8. The van der Waals surface area contributed by atoms with Crippen molar-refractivity contribution >= 4 is 5.84 Å². The van der Waals surface area contributed by atoms with Gasteiger partial charge in [-0.05, 0) is 49.7 Å². The lowest BCUT2D eigenvalue weighted by atomic mass is 9.72. The van der Waals surface area contributed by atoms with Crippen LogP contribution < -0.4 is 4.74 Å². The van der Waals surface area contributed by atoms with Crippen LogP contribution in [0.4, 0.5) is 0 Å². The minimum Gasteiger partial charge on any atom is -0.507 e. The summed E-state index contributed by atoms with van der Waals surface area (Å²) in [5.41, 5.74) is 0.621. The Kier molecular flexibility index (Phi) is 4.00. The molecule has 5 heteroatoms. The van der Waals surface area contributed by atoms with Crippen molar-refractivity contribution in [1.29, 1.82) is 5.41 Å². The van der Waals surface area contributed by atoms with E-state index in [1.165, 1.54) is 0 Å². The molecule has 2 aliphatic rings. The van der Waals surface area contributed by atoms with Gasteiger partial charge in [-0.2, -0.15) is 0 Å². The molecule has 1 aromatic carbocycles. The topological polar surface area (TPSA) is 76.8 Å². The minimum atomic E-state index is -0.582. The van der Waals surface area contributed by atoms with E-state index in [0.29, 0.717) is 29.8 Å². The molecule has 1 aromatic rings. The van der Waals surface area contributed by atoms with Crippen LogP contribution in [-0.2, 0) is 5.54 Å². The Morgan fingerprint density at radius 2 is 2.00 bits per heavy atom. The van der Waals surface area contributed by atoms with Crippen LogP contribution in [0.2, 0.25) is 0 Å². The van der Waals surface area contributed by atoms with Gasteiger partial charge in [-0.3, -0.25) is 10.6 Å². The highest BCUT2D eigenvalue weighted by Gasteiger charge is 2.54. The van der Waals surface area contributed by atoms with Gasteiger partial charge in [0.15, 0.2) is 5.84 Å². The number of rotatable bonds is 5. The molecule has 0 saturated heterocycles. The Morgan fingerprint density at radius 3 is 2.57 bits per heavy atom. The van der Waals surface area contributed by atoms with E-state index in [2.05, 4.69) is 20.8 Å². The maximum atomic E-state index is 10.4. The lowest BCUT2D eigenvalue weighted by Gasteiger charge is -2.43. The molecule has 0 amide bonds. The van der Waals surface area contributed by atoms with E-state index in [9.17, 15) is 10.3 Å². The predicted octanol–water partition coefficient (Wildman–Crippen LogP) is 3.86. The van der Waals surface area contributed by atoms with Crippen LogP contribution in [0.5, 0.6) is 11.5 Å². The second-order valence-electron chi connectivity index (χ2n) is 7.42. The molecular weight excluding hydrogens is 292 g/mol. The van der Waals surface area contributed by atoms with Crippen LogP contribution in [0, 0.1) is 17.2 Å². The van der Waals surface area contributed by atoms with Gasteiger partial charge in [0.05, 0.1) is 17.7 Å². The van der Waals surface area contributed by atoms with Crippen LogP contribution in [0.3, 0.4) is 0 Å². The van der Waals surface area contributed by atoms with Gasteiger partial charge in [0.25, 0.3) is 0 Å². The van der Waals surface area contributed by atoms with E-state index in [1.807, 2.05) is 0 Å². The largest absolute Gasteiger partial charge is 0.507 e. The summed E-state index contributed by atoms with van der Waals surface area (Å²) in [7, 11) is 0.